The van der Waals surface area contributed by atoms with Crippen LogP contribution in [0.5, 0.6) is 0 Å². The van der Waals surface area contributed by atoms with Crippen molar-refractivity contribution in [3.8, 4) is 0 Å². The summed E-state index contributed by atoms with van der Waals surface area (Å²) in [5.41, 5.74) is 6.60. The standard InChI is InChI=1S/C14H23NO4S2/c1-10(2)7-12(15)8-11-5-6-13(20(3,16)17)9-14(11)21(4,18)19/h5-6,9-10,12H,7-8,15H2,1-4H3. The summed E-state index contributed by atoms with van der Waals surface area (Å²) < 4.78 is 46.9. The van der Waals surface area contributed by atoms with Crippen LogP contribution in [0, 0.1) is 5.92 Å². The first-order valence-electron chi connectivity index (χ1n) is 6.70. The summed E-state index contributed by atoms with van der Waals surface area (Å²) in [7, 11) is -6.96. The zero-order chi connectivity index (χ0) is 16.4. The molecule has 7 heteroatoms. The van der Waals surface area contributed by atoms with Crippen molar-refractivity contribution < 1.29 is 16.8 Å². The van der Waals surface area contributed by atoms with Gasteiger partial charge < -0.3 is 5.73 Å². The van der Waals surface area contributed by atoms with Crippen LogP contribution in [0.1, 0.15) is 25.8 Å². The molecule has 0 fully saturated rings. The van der Waals surface area contributed by atoms with Gasteiger partial charge >= 0.3 is 0 Å². The highest BCUT2D eigenvalue weighted by molar-refractivity contribution is 7.91. The number of sulfone groups is 2. The van der Waals surface area contributed by atoms with Crippen LogP contribution in [0.3, 0.4) is 0 Å². The highest BCUT2D eigenvalue weighted by Crippen LogP contribution is 2.23. The maximum atomic E-state index is 11.9. The molecule has 21 heavy (non-hydrogen) atoms. The topological polar surface area (TPSA) is 94.3 Å². The molecule has 0 saturated heterocycles. The predicted molar refractivity (Wildman–Crippen MR) is 83.8 cm³/mol. The Hall–Kier alpha value is -0.920. The van der Waals surface area contributed by atoms with E-state index in [9.17, 15) is 16.8 Å². The molecule has 0 spiro atoms. The fraction of sp³-hybridized carbons (Fsp3) is 0.571. The first-order valence-corrected chi connectivity index (χ1v) is 10.5. The van der Waals surface area contributed by atoms with E-state index in [-0.39, 0.29) is 15.8 Å². The van der Waals surface area contributed by atoms with Gasteiger partial charge in [-0.15, -0.1) is 0 Å². The van der Waals surface area contributed by atoms with E-state index in [1.165, 1.54) is 12.1 Å². The molecule has 0 aliphatic heterocycles. The molecule has 120 valence electrons. The van der Waals surface area contributed by atoms with Gasteiger partial charge in [0.1, 0.15) is 0 Å². The van der Waals surface area contributed by atoms with Gasteiger partial charge in [-0.2, -0.15) is 0 Å². The minimum atomic E-state index is -3.51. The van der Waals surface area contributed by atoms with Crippen molar-refractivity contribution in [1.82, 2.24) is 0 Å². The summed E-state index contributed by atoms with van der Waals surface area (Å²) >= 11 is 0. The first kappa shape index (κ1) is 18.1. The van der Waals surface area contributed by atoms with Crippen LogP contribution in [0.15, 0.2) is 28.0 Å². The van der Waals surface area contributed by atoms with Gasteiger partial charge in [-0.3, -0.25) is 0 Å². The van der Waals surface area contributed by atoms with Crippen molar-refractivity contribution in [2.45, 2.75) is 42.5 Å². The van der Waals surface area contributed by atoms with E-state index >= 15 is 0 Å². The van der Waals surface area contributed by atoms with E-state index in [1.54, 1.807) is 6.07 Å². The maximum Gasteiger partial charge on any atom is 0.175 e. The smallest absolute Gasteiger partial charge is 0.175 e. The van der Waals surface area contributed by atoms with E-state index in [2.05, 4.69) is 0 Å². The molecule has 2 N–H and O–H groups in total. The number of benzene rings is 1. The molecule has 1 rings (SSSR count). The van der Waals surface area contributed by atoms with Crippen LogP contribution in [0.2, 0.25) is 0 Å². The Bertz CT molecular complexity index is 706. The molecule has 1 unspecified atom stereocenters. The van der Waals surface area contributed by atoms with Gasteiger partial charge in [0.05, 0.1) is 9.79 Å². The van der Waals surface area contributed by atoms with Crippen molar-refractivity contribution in [2.24, 2.45) is 11.7 Å². The first-order chi connectivity index (χ1) is 9.41. The van der Waals surface area contributed by atoms with Gasteiger partial charge in [-0.05, 0) is 36.5 Å². The summed E-state index contributed by atoms with van der Waals surface area (Å²) in [6.07, 6.45) is 3.31. The molecule has 0 heterocycles. The molecular weight excluding hydrogens is 310 g/mol. The van der Waals surface area contributed by atoms with E-state index in [0.29, 0.717) is 17.9 Å². The lowest BCUT2D eigenvalue weighted by atomic mass is 9.98. The Morgan fingerprint density at radius 2 is 1.62 bits per heavy atom. The lowest BCUT2D eigenvalue weighted by molar-refractivity contribution is 0.491. The monoisotopic (exact) mass is 333 g/mol. The molecule has 0 amide bonds. The second-order valence-electron chi connectivity index (χ2n) is 5.91. The summed E-state index contributed by atoms with van der Waals surface area (Å²) in [5, 5.41) is 0. The fourth-order valence-corrected chi connectivity index (χ4v) is 3.94. The van der Waals surface area contributed by atoms with Gasteiger partial charge in [0.2, 0.25) is 0 Å². The molecule has 0 radical (unpaired) electrons. The van der Waals surface area contributed by atoms with E-state index in [0.717, 1.165) is 18.9 Å². The van der Waals surface area contributed by atoms with Gasteiger partial charge in [0.15, 0.2) is 19.7 Å². The summed E-state index contributed by atoms with van der Waals surface area (Å²) in [4.78, 5) is 0.0498. The molecule has 0 bridgehead atoms. The Kier molecular flexibility index (Phi) is 5.57. The minimum Gasteiger partial charge on any atom is -0.327 e. The van der Waals surface area contributed by atoms with Crippen LogP contribution < -0.4 is 5.73 Å². The third kappa shape index (κ3) is 5.41. The van der Waals surface area contributed by atoms with Crippen LogP contribution in [0.25, 0.3) is 0 Å². The largest absolute Gasteiger partial charge is 0.327 e. The number of hydrogen-bond acceptors (Lipinski definition) is 5. The van der Waals surface area contributed by atoms with Gasteiger partial charge in [-0.1, -0.05) is 19.9 Å². The quantitative estimate of drug-likeness (QED) is 0.849. The van der Waals surface area contributed by atoms with Crippen molar-refractivity contribution in [1.29, 1.82) is 0 Å². The average molecular weight is 333 g/mol. The second kappa shape index (κ2) is 6.46. The van der Waals surface area contributed by atoms with Gasteiger partial charge in [0.25, 0.3) is 0 Å². The number of nitrogens with two attached hydrogens (primary N) is 1. The third-order valence-corrected chi connectivity index (χ3v) is 5.41. The molecular formula is C14H23NO4S2. The maximum absolute atomic E-state index is 11.9. The second-order valence-corrected chi connectivity index (χ2v) is 9.91. The Morgan fingerprint density at radius 3 is 2.05 bits per heavy atom. The SMILES string of the molecule is CC(C)CC(N)Cc1ccc(S(C)(=O)=O)cc1S(C)(=O)=O. The summed E-state index contributed by atoms with van der Waals surface area (Å²) in [5.74, 6) is 0.414. The Labute approximate surface area is 127 Å². The van der Waals surface area contributed by atoms with Gasteiger partial charge in [-0.25, -0.2) is 16.8 Å². The molecule has 1 atom stereocenters. The Balaban J connectivity index is 3.28. The van der Waals surface area contributed by atoms with Crippen LogP contribution in [-0.2, 0) is 26.1 Å². The fourth-order valence-electron chi connectivity index (χ4n) is 2.25. The van der Waals surface area contributed by atoms with E-state index < -0.39 is 19.7 Å². The minimum absolute atomic E-state index is 0.00380. The molecule has 1 aromatic rings. The summed E-state index contributed by atoms with van der Waals surface area (Å²) in [6.45, 7) is 4.09. The number of hydrogen-bond donors (Lipinski definition) is 1. The van der Waals surface area contributed by atoms with Gasteiger partial charge in [0, 0.05) is 18.6 Å². The van der Waals surface area contributed by atoms with Crippen LogP contribution in [-0.4, -0.2) is 35.4 Å². The highest BCUT2D eigenvalue weighted by atomic mass is 32.2. The third-order valence-electron chi connectivity index (χ3n) is 3.12. The van der Waals surface area contributed by atoms with E-state index in [1.807, 2.05) is 13.8 Å². The molecule has 0 aliphatic rings. The molecule has 5 nitrogen and oxygen atoms in total. The highest BCUT2D eigenvalue weighted by Gasteiger charge is 2.19. The van der Waals surface area contributed by atoms with Crippen molar-refractivity contribution in [2.75, 3.05) is 12.5 Å². The van der Waals surface area contributed by atoms with E-state index in [4.69, 9.17) is 5.73 Å². The normalized spacial score (nSPS) is 14.4. The number of rotatable bonds is 6. The zero-order valence-corrected chi connectivity index (χ0v) is 14.5. The Morgan fingerprint density at radius 1 is 1.05 bits per heavy atom. The predicted octanol–water partition coefficient (Wildman–Crippen LogP) is 1.41. The lowest BCUT2D eigenvalue weighted by Gasteiger charge is -2.16. The lowest BCUT2D eigenvalue weighted by Crippen LogP contribution is -2.25. The van der Waals surface area contributed by atoms with Crippen molar-refractivity contribution >= 4 is 19.7 Å². The summed E-state index contributed by atoms with van der Waals surface area (Å²) in [6, 6.07) is 4.05. The van der Waals surface area contributed by atoms with Crippen molar-refractivity contribution in [3.05, 3.63) is 23.8 Å². The van der Waals surface area contributed by atoms with Crippen LogP contribution in [0.4, 0.5) is 0 Å². The molecule has 0 aromatic heterocycles. The van der Waals surface area contributed by atoms with Crippen molar-refractivity contribution in [3.63, 3.8) is 0 Å². The molecule has 1 aromatic carbocycles. The average Bonchev–Trinajstić information content (AvgIpc) is 2.24. The molecule has 0 aliphatic carbocycles. The van der Waals surface area contributed by atoms with Crippen LogP contribution >= 0.6 is 0 Å². The zero-order valence-electron chi connectivity index (χ0n) is 12.8. The molecule has 0 saturated carbocycles.